The van der Waals surface area contributed by atoms with E-state index in [1.807, 2.05) is 0 Å². The molecule has 0 aromatic heterocycles. The molecule has 1 saturated heterocycles. The lowest BCUT2D eigenvalue weighted by Crippen LogP contribution is -2.32. The number of amides is 2. The van der Waals surface area contributed by atoms with Gasteiger partial charge < -0.3 is 18.5 Å². The number of ether oxygens (including phenoxy) is 2. The van der Waals surface area contributed by atoms with E-state index < -0.39 is 38.3 Å². The number of hydrogen-bond donors (Lipinski definition) is 0. The zero-order chi connectivity index (χ0) is 18.9. The Kier molecular flexibility index (Phi) is 8.53. The SMILES string of the molecule is CCOP(=O)(CCC(=O)OCOC(=O)ON1C(=O)CCC1=O)OCC. The van der Waals surface area contributed by atoms with Crippen molar-refractivity contribution in [2.75, 3.05) is 26.2 Å². The minimum atomic E-state index is -3.37. The van der Waals surface area contributed by atoms with E-state index in [9.17, 15) is 23.7 Å². The third-order valence-electron chi connectivity index (χ3n) is 2.81. The molecule has 1 heterocycles. The lowest BCUT2D eigenvalue weighted by atomic mass is 10.4. The van der Waals surface area contributed by atoms with Crippen molar-refractivity contribution in [3.05, 3.63) is 0 Å². The number of hydroxylamine groups is 2. The monoisotopic (exact) mass is 381 g/mol. The van der Waals surface area contributed by atoms with Crippen LogP contribution in [-0.4, -0.2) is 55.2 Å². The second-order valence-electron chi connectivity index (χ2n) is 4.62. The quantitative estimate of drug-likeness (QED) is 0.236. The first-order chi connectivity index (χ1) is 11.8. The van der Waals surface area contributed by atoms with Crippen LogP contribution in [0.3, 0.4) is 0 Å². The van der Waals surface area contributed by atoms with Crippen molar-refractivity contribution in [3.63, 3.8) is 0 Å². The minimum Gasteiger partial charge on any atom is -0.428 e. The van der Waals surface area contributed by atoms with Crippen molar-refractivity contribution in [1.82, 2.24) is 5.06 Å². The summed E-state index contributed by atoms with van der Waals surface area (Å²) in [6.07, 6.45) is -1.94. The maximum Gasteiger partial charge on any atom is 0.536 e. The van der Waals surface area contributed by atoms with Crippen LogP contribution < -0.4 is 0 Å². The molecule has 0 N–H and O–H groups in total. The molecule has 1 fully saturated rings. The van der Waals surface area contributed by atoms with Gasteiger partial charge in [0.2, 0.25) is 6.79 Å². The first-order valence-electron chi connectivity index (χ1n) is 7.55. The van der Waals surface area contributed by atoms with E-state index in [4.69, 9.17) is 9.05 Å². The highest BCUT2D eigenvalue weighted by molar-refractivity contribution is 7.53. The van der Waals surface area contributed by atoms with Crippen LogP contribution in [0.25, 0.3) is 0 Å². The van der Waals surface area contributed by atoms with Gasteiger partial charge in [-0.1, -0.05) is 5.06 Å². The highest BCUT2D eigenvalue weighted by atomic mass is 31.2. The van der Waals surface area contributed by atoms with Crippen LogP contribution in [0.2, 0.25) is 0 Å². The maximum atomic E-state index is 12.1. The van der Waals surface area contributed by atoms with E-state index in [0.29, 0.717) is 5.06 Å². The molecule has 0 atom stereocenters. The molecule has 142 valence electrons. The third kappa shape index (κ3) is 7.20. The molecule has 2 amide bonds. The lowest BCUT2D eigenvalue weighted by molar-refractivity contribution is -0.182. The molecular weight excluding hydrogens is 361 g/mol. The number of rotatable bonds is 10. The zero-order valence-corrected chi connectivity index (χ0v) is 14.8. The highest BCUT2D eigenvalue weighted by Gasteiger charge is 2.33. The van der Waals surface area contributed by atoms with Gasteiger partial charge in [-0.15, -0.1) is 0 Å². The Morgan fingerprint density at radius 2 is 1.60 bits per heavy atom. The van der Waals surface area contributed by atoms with Gasteiger partial charge in [-0.2, -0.15) is 0 Å². The van der Waals surface area contributed by atoms with E-state index >= 15 is 0 Å². The molecule has 0 aromatic rings. The van der Waals surface area contributed by atoms with Crippen molar-refractivity contribution in [3.8, 4) is 0 Å². The summed E-state index contributed by atoms with van der Waals surface area (Å²) in [7, 11) is -3.37. The first kappa shape index (κ1) is 21.1. The average Bonchev–Trinajstić information content (AvgIpc) is 2.85. The van der Waals surface area contributed by atoms with Crippen molar-refractivity contribution in [2.24, 2.45) is 0 Å². The van der Waals surface area contributed by atoms with Gasteiger partial charge in [0.15, 0.2) is 0 Å². The summed E-state index contributed by atoms with van der Waals surface area (Å²) in [6.45, 7) is 2.81. The van der Waals surface area contributed by atoms with Gasteiger partial charge in [0, 0.05) is 12.8 Å². The molecule has 1 aliphatic rings. The van der Waals surface area contributed by atoms with Crippen LogP contribution in [0, 0.1) is 0 Å². The molecule has 11 nitrogen and oxygen atoms in total. The van der Waals surface area contributed by atoms with Crippen LogP contribution in [-0.2, 0) is 42.3 Å². The standard InChI is InChI=1S/C13H20NO10P/c1-3-22-25(19,23-4-2)8-7-12(17)20-9-21-13(18)24-14-10(15)5-6-11(14)16/h3-9H2,1-2H3. The Labute approximate surface area is 144 Å². The molecule has 0 aliphatic carbocycles. The van der Waals surface area contributed by atoms with Crippen molar-refractivity contribution < 1.29 is 47.1 Å². The van der Waals surface area contributed by atoms with Gasteiger partial charge in [-0.05, 0) is 13.8 Å². The number of esters is 1. The van der Waals surface area contributed by atoms with E-state index in [0.717, 1.165) is 0 Å². The van der Waals surface area contributed by atoms with Crippen molar-refractivity contribution in [1.29, 1.82) is 0 Å². The largest absolute Gasteiger partial charge is 0.536 e. The van der Waals surface area contributed by atoms with Gasteiger partial charge in [0.25, 0.3) is 11.8 Å². The van der Waals surface area contributed by atoms with Gasteiger partial charge in [-0.25, -0.2) is 4.79 Å². The maximum absolute atomic E-state index is 12.1. The Hall–Kier alpha value is -1.97. The summed E-state index contributed by atoms with van der Waals surface area (Å²) < 4.78 is 31.2. The summed E-state index contributed by atoms with van der Waals surface area (Å²) in [4.78, 5) is 49.7. The molecule has 0 radical (unpaired) electrons. The molecule has 1 aliphatic heterocycles. The minimum absolute atomic E-state index is 0.0547. The summed E-state index contributed by atoms with van der Waals surface area (Å²) in [6, 6.07) is 0. The molecule has 25 heavy (non-hydrogen) atoms. The second-order valence-corrected chi connectivity index (χ2v) is 6.81. The van der Waals surface area contributed by atoms with Crippen LogP contribution in [0.15, 0.2) is 0 Å². The highest BCUT2D eigenvalue weighted by Crippen LogP contribution is 2.48. The number of nitrogens with zero attached hydrogens (tertiary/aromatic N) is 1. The van der Waals surface area contributed by atoms with E-state index in [1.165, 1.54) is 0 Å². The number of carbonyl (C=O) groups excluding carboxylic acids is 4. The first-order valence-corrected chi connectivity index (χ1v) is 9.28. The summed E-state index contributed by atoms with van der Waals surface area (Å²) in [5, 5.41) is 0.296. The Balaban J connectivity index is 2.27. The zero-order valence-electron chi connectivity index (χ0n) is 13.9. The number of hydrogen-bond acceptors (Lipinski definition) is 10. The second kappa shape index (κ2) is 10.1. The van der Waals surface area contributed by atoms with Gasteiger partial charge >= 0.3 is 19.7 Å². The Morgan fingerprint density at radius 3 is 2.12 bits per heavy atom. The van der Waals surface area contributed by atoms with Crippen molar-refractivity contribution in [2.45, 2.75) is 33.1 Å². The molecule has 0 spiro atoms. The predicted molar refractivity (Wildman–Crippen MR) is 80.0 cm³/mol. The van der Waals surface area contributed by atoms with Crippen molar-refractivity contribution >= 4 is 31.5 Å². The predicted octanol–water partition coefficient (Wildman–Crippen LogP) is 1.36. The van der Waals surface area contributed by atoms with Crippen LogP contribution in [0.4, 0.5) is 4.79 Å². The topological polar surface area (TPSA) is 135 Å². The van der Waals surface area contributed by atoms with E-state index in [-0.39, 0.29) is 38.6 Å². The van der Waals surface area contributed by atoms with Gasteiger partial charge in [0.1, 0.15) is 0 Å². The number of carbonyl (C=O) groups is 4. The third-order valence-corrected chi connectivity index (χ3v) is 4.88. The van der Waals surface area contributed by atoms with Gasteiger partial charge in [-0.3, -0.25) is 23.8 Å². The fourth-order valence-corrected chi connectivity index (χ4v) is 3.34. The summed E-state index contributed by atoms with van der Waals surface area (Å²) in [5.41, 5.74) is 0. The van der Waals surface area contributed by atoms with Crippen LogP contribution in [0.5, 0.6) is 0 Å². The molecule has 0 unspecified atom stereocenters. The Bertz CT molecular complexity index is 537. The van der Waals surface area contributed by atoms with E-state index in [2.05, 4.69) is 14.3 Å². The average molecular weight is 381 g/mol. The molecule has 1 rings (SSSR count). The van der Waals surface area contributed by atoms with Crippen LogP contribution in [0.1, 0.15) is 33.1 Å². The molecular formula is C13H20NO10P. The molecule has 0 aromatic carbocycles. The van der Waals surface area contributed by atoms with Gasteiger partial charge in [0.05, 0.1) is 25.8 Å². The van der Waals surface area contributed by atoms with Crippen LogP contribution >= 0.6 is 7.60 Å². The molecule has 0 bridgehead atoms. The number of imide groups is 1. The fraction of sp³-hybridized carbons (Fsp3) is 0.692. The summed E-state index contributed by atoms with van der Waals surface area (Å²) >= 11 is 0. The smallest absolute Gasteiger partial charge is 0.428 e. The Morgan fingerprint density at radius 1 is 1.04 bits per heavy atom. The lowest BCUT2D eigenvalue weighted by Gasteiger charge is -2.16. The molecule has 12 heteroatoms. The molecule has 0 saturated carbocycles. The fourth-order valence-electron chi connectivity index (χ4n) is 1.76. The normalized spacial score (nSPS) is 14.6. The summed E-state index contributed by atoms with van der Waals surface area (Å²) in [5.74, 6) is -2.14. The van der Waals surface area contributed by atoms with E-state index in [1.54, 1.807) is 13.8 Å².